The molecule has 0 aliphatic carbocycles. The second-order valence-corrected chi connectivity index (χ2v) is 3.18. The molecular formula is C7H17N3O2S. The van der Waals surface area contributed by atoms with Crippen LogP contribution in [0.4, 0.5) is 0 Å². The van der Waals surface area contributed by atoms with Gasteiger partial charge in [-0.1, -0.05) is 0 Å². The molecule has 0 amide bonds. The van der Waals surface area contributed by atoms with Gasteiger partial charge in [-0.15, -0.1) is 0 Å². The highest BCUT2D eigenvalue weighted by Gasteiger charge is 2.10. The maximum atomic E-state index is 9.14. The molecule has 0 rings (SSSR count). The maximum absolute atomic E-state index is 9.14. The van der Waals surface area contributed by atoms with E-state index in [1.165, 1.54) is 0 Å². The molecule has 0 saturated heterocycles. The third-order valence-corrected chi connectivity index (χ3v) is 1.84. The fourth-order valence-electron chi connectivity index (χ4n) is 0.886. The summed E-state index contributed by atoms with van der Waals surface area (Å²) < 4.78 is 0. The molecule has 6 N–H and O–H groups in total. The van der Waals surface area contributed by atoms with E-state index in [0.717, 1.165) is 6.42 Å². The van der Waals surface area contributed by atoms with Gasteiger partial charge in [0, 0.05) is 13.1 Å². The maximum Gasteiger partial charge on any atom is 0.166 e. The monoisotopic (exact) mass is 207 g/mol. The highest BCUT2D eigenvalue weighted by Crippen LogP contribution is 1.94. The topological polar surface area (TPSA) is 95.7 Å². The van der Waals surface area contributed by atoms with Crippen LogP contribution in [0.5, 0.6) is 0 Å². The number of aliphatic hydroxyl groups is 2. The van der Waals surface area contributed by atoms with E-state index in [2.05, 4.69) is 0 Å². The summed E-state index contributed by atoms with van der Waals surface area (Å²) in [5.74, 6) is 0. The van der Waals surface area contributed by atoms with E-state index in [0.29, 0.717) is 13.1 Å². The van der Waals surface area contributed by atoms with Crippen LogP contribution in [0.1, 0.15) is 6.42 Å². The second kappa shape index (κ2) is 7.02. The largest absolute Gasteiger partial charge is 0.394 e. The number of nitrogens with zero attached hydrogens (tertiary/aromatic N) is 1. The van der Waals surface area contributed by atoms with Crippen LogP contribution in [-0.2, 0) is 0 Å². The van der Waals surface area contributed by atoms with Crippen molar-refractivity contribution in [2.45, 2.75) is 12.5 Å². The van der Waals surface area contributed by atoms with Crippen LogP contribution in [0, 0.1) is 0 Å². The number of thiocarbonyl (C=S) groups is 1. The Bertz CT molecular complexity index is 157. The zero-order valence-electron chi connectivity index (χ0n) is 7.52. The van der Waals surface area contributed by atoms with Crippen molar-refractivity contribution in [3.63, 3.8) is 0 Å². The molecule has 0 aromatic rings. The summed E-state index contributed by atoms with van der Waals surface area (Å²) in [5, 5.41) is 18.0. The molecular weight excluding hydrogens is 190 g/mol. The molecule has 13 heavy (non-hydrogen) atoms. The fraction of sp³-hybridized carbons (Fsp3) is 0.857. The van der Waals surface area contributed by atoms with Gasteiger partial charge in [-0.2, -0.15) is 0 Å². The molecule has 0 aromatic heterocycles. The molecule has 6 heteroatoms. The zero-order valence-corrected chi connectivity index (χ0v) is 8.33. The van der Waals surface area contributed by atoms with Crippen molar-refractivity contribution in [2.24, 2.45) is 11.5 Å². The van der Waals surface area contributed by atoms with Gasteiger partial charge in [0.15, 0.2) is 5.11 Å². The van der Waals surface area contributed by atoms with Gasteiger partial charge >= 0.3 is 0 Å². The van der Waals surface area contributed by atoms with Gasteiger partial charge in [-0.25, -0.2) is 0 Å². The summed E-state index contributed by atoms with van der Waals surface area (Å²) in [6.45, 7) is 1.13. The first kappa shape index (κ1) is 12.6. The number of hydrogen-bond acceptors (Lipinski definition) is 4. The van der Waals surface area contributed by atoms with Crippen molar-refractivity contribution < 1.29 is 10.2 Å². The molecule has 0 bridgehead atoms. The lowest BCUT2D eigenvalue weighted by atomic mass is 10.3. The lowest BCUT2D eigenvalue weighted by molar-refractivity contribution is 0.0764. The lowest BCUT2D eigenvalue weighted by Gasteiger charge is -2.24. The Balaban J connectivity index is 3.87. The Kier molecular flexibility index (Phi) is 6.79. The van der Waals surface area contributed by atoms with Crippen molar-refractivity contribution in [3.05, 3.63) is 0 Å². The summed E-state index contributed by atoms with van der Waals surface area (Å²) in [6.07, 6.45) is -0.0468. The van der Waals surface area contributed by atoms with E-state index >= 15 is 0 Å². The average Bonchev–Trinajstić information content (AvgIpc) is 2.11. The molecule has 0 aromatic carbocycles. The molecule has 0 aliphatic rings. The molecule has 78 valence electrons. The summed E-state index contributed by atoms with van der Waals surface area (Å²) in [4.78, 5) is 1.63. The number of aliphatic hydroxyl groups excluding tert-OH is 2. The smallest absolute Gasteiger partial charge is 0.166 e. The zero-order chi connectivity index (χ0) is 10.3. The van der Waals surface area contributed by atoms with Crippen LogP contribution >= 0.6 is 12.2 Å². The van der Waals surface area contributed by atoms with Gasteiger partial charge in [-0.3, -0.25) is 0 Å². The molecule has 0 fully saturated rings. The molecule has 0 aliphatic heterocycles. The van der Waals surface area contributed by atoms with Crippen LogP contribution in [0.2, 0.25) is 0 Å². The highest BCUT2D eigenvalue weighted by atomic mass is 32.1. The Morgan fingerprint density at radius 2 is 2.15 bits per heavy atom. The SMILES string of the molecule is NCCCN(CC(O)CO)C(N)=S. The first-order valence-corrected chi connectivity index (χ1v) is 4.56. The Hall–Kier alpha value is -0.430. The highest BCUT2D eigenvalue weighted by molar-refractivity contribution is 7.80. The molecule has 1 unspecified atom stereocenters. The first-order chi connectivity index (χ1) is 6.11. The second-order valence-electron chi connectivity index (χ2n) is 2.76. The normalized spacial score (nSPS) is 12.5. The van der Waals surface area contributed by atoms with E-state index in [1.54, 1.807) is 4.90 Å². The van der Waals surface area contributed by atoms with E-state index in [4.69, 9.17) is 33.9 Å². The molecule has 0 radical (unpaired) electrons. The summed E-state index contributed by atoms with van der Waals surface area (Å²) >= 11 is 4.77. The molecule has 1 atom stereocenters. The van der Waals surface area contributed by atoms with Crippen molar-refractivity contribution >= 4 is 17.3 Å². The van der Waals surface area contributed by atoms with E-state index in [1.807, 2.05) is 0 Å². The Labute approximate surface area is 83.3 Å². The molecule has 5 nitrogen and oxygen atoms in total. The fourth-order valence-corrected chi connectivity index (χ4v) is 1.05. The van der Waals surface area contributed by atoms with Crippen molar-refractivity contribution in [1.82, 2.24) is 4.90 Å². The van der Waals surface area contributed by atoms with Crippen LogP contribution in [0.15, 0.2) is 0 Å². The van der Waals surface area contributed by atoms with E-state index < -0.39 is 6.10 Å². The molecule has 0 spiro atoms. The van der Waals surface area contributed by atoms with Crippen LogP contribution in [0.25, 0.3) is 0 Å². The summed E-state index contributed by atoms with van der Waals surface area (Å²) in [6, 6.07) is 0. The summed E-state index contributed by atoms with van der Waals surface area (Å²) in [7, 11) is 0. The van der Waals surface area contributed by atoms with Crippen LogP contribution in [0.3, 0.4) is 0 Å². The van der Waals surface area contributed by atoms with Gasteiger partial charge in [-0.05, 0) is 25.2 Å². The van der Waals surface area contributed by atoms with Crippen LogP contribution < -0.4 is 11.5 Å². The minimum absolute atomic E-state index is 0.223. The lowest BCUT2D eigenvalue weighted by Crippen LogP contribution is -2.42. The van der Waals surface area contributed by atoms with Gasteiger partial charge in [0.2, 0.25) is 0 Å². The van der Waals surface area contributed by atoms with Gasteiger partial charge < -0.3 is 26.6 Å². The standard InChI is InChI=1S/C7H17N3O2S/c8-2-1-3-10(7(9)13)4-6(12)5-11/h6,11-12H,1-5,8H2,(H2,9,13). The number of nitrogens with two attached hydrogens (primary N) is 2. The predicted molar refractivity (Wildman–Crippen MR) is 55.1 cm³/mol. The van der Waals surface area contributed by atoms with Crippen molar-refractivity contribution in [1.29, 1.82) is 0 Å². The minimum atomic E-state index is -0.806. The number of hydrogen-bond donors (Lipinski definition) is 4. The van der Waals surface area contributed by atoms with Crippen molar-refractivity contribution in [2.75, 3.05) is 26.2 Å². The third kappa shape index (κ3) is 5.75. The Morgan fingerprint density at radius 3 is 2.54 bits per heavy atom. The van der Waals surface area contributed by atoms with E-state index in [-0.39, 0.29) is 18.3 Å². The van der Waals surface area contributed by atoms with Crippen molar-refractivity contribution in [3.8, 4) is 0 Å². The van der Waals surface area contributed by atoms with Gasteiger partial charge in [0.05, 0.1) is 12.7 Å². The van der Waals surface area contributed by atoms with E-state index in [9.17, 15) is 0 Å². The Morgan fingerprint density at radius 1 is 1.54 bits per heavy atom. The first-order valence-electron chi connectivity index (χ1n) is 4.15. The molecule has 0 heterocycles. The summed E-state index contributed by atoms with van der Waals surface area (Å²) in [5.41, 5.74) is 10.7. The quantitative estimate of drug-likeness (QED) is 0.385. The van der Waals surface area contributed by atoms with Gasteiger partial charge in [0.1, 0.15) is 0 Å². The average molecular weight is 207 g/mol. The number of rotatable bonds is 6. The van der Waals surface area contributed by atoms with Crippen LogP contribution in [-0.4, -0.2) is 52.6 Å². The van der Waals surface area contributed by atoms with Gasteiger partial charge in [0.25, 0.3) is 0 Å². The predicted octanol–water partition coefficient (Wildman–Crippen LogP) is -1.77. The minimum Gasteiger partial charge on any atom is -0.394 e. The third-order valence-electron chi connectivity index (χ3n) is 1.59. The molecule has 0 saturated carbocycles.